The molecule has 3 heteroatoms. The lowest BCUT2D eigenvalue weighted by Gasteiger charge is -2.21. The fourth-order valence-corrected chi connectivity index (χ4v) is 3.36. The van der Waals surface area contributed by atoms with Crippen molar-refractivity contribution in [2.24, 2.45) is 0 Å². The number of hydrogen-bond acceptors (Lipinski definition) is 1. The van der Waals surface area contributed by atoms with E-state index >= 15 is 0 Å². The van der Waals surface area contributed by atoms with Gasteiger partial charge < -0.3 is 10.3 Å². The Hall–Kier alpha value is -0.280. The molecule has 0 amide bonds. The van der Waals surface area contributed by atoms with Crippen LogP contribution >= 0.6 is 15.9 Å². The Bertz CT molecular complexity index is 337. The molecule has 1 aliphatic carbocycles. The zero-order valence-electron chi connectivity index (χ0n) is 7.49. The molecule has 1 aromatic rings. The van der Waals surface area contributed by atoms with Gasteiger partial charge in [-0.25, -0.2) is 0 Å². The number of halogens is 1. The Morgan fingerprint density at radius 3 is 3.08 bits per heavy atom. The van der Waals surface area contributed by atoms with E-state index in [1.807, 2.05) is 0 Å². The third-order valence-corrected chi connectivity index (χ3v) is 4.31. The van der Waals surface area contributed by atoms with Crippen molar-refractivity contribution < 1.29 is 0 Å². The smallest absolute Gasteiger partial charge is 0.0855 e. The maximum Gasteiger partial charge on any atom is 0.0855 e. The monoisotopic (exact) mass is 240 g/mol. The average Bonchev–Trinajstić information content (AvgIpc) is 2.76. The summed E-state index contributed by atoms with van der Waals surface area (Å²) in [7, 11) is 0. The van der Waals surface area contributed by atoms with Gasteiger partial charge in [-0.2, -0.15) is 0 Å². The molecule has 3 rings (SSSR count). The van der Waals surface area contributed by atoms with Crippen molar-refractivity contribution in [3.8, 4) is 0 Å². The highest BCUT2D eigenvalue weighted by molar-refractivity contribution is 9.10. The standard InChI is InChI=1S/C10H13BrN2/c11-9-7-1-2-10(3-4-12-6-10)8(7)5-13-9/h5,12-13H,1-4,6H2. The second-order valence-corrected chi connectivity index (χ2v) is 4.99. The lowest BCUT2D eigenvalue weighted by molar-refractivity contribution is 0.467. The number of nitrogens with one attached hydrogen (secondary N) is 2. The molecule has 2 aliphatic rings. The summed E-state index contributed by atoms with van der Waals surface area (Å²) < 4.78 is 1.20. The first-order valence-electron chi connectivity index (χ1n) is 4.89. The van der Waals surface area contributed by atoms with Crippen LogP contribution in [0.15, 0.2) is 10.8 Å². The van der Waals surface area contributed by atoms with Crippen LogP contribution in [0.1, 0.15) is 24.0 Å². The van der Waals surface area contributed by atoms with Crippen LogP contribution in [0, 0.1) is 0 Å². The maximum absolute atomic E-state index is 3.57. The van der Waals surface area contributed by atoms with Crippen molar-refractivity contribution in [1.82, 2.24) is 10.3 Å². The molecule has 1 fully saturated rings. The molecule has 2 N–H and O–H groups in total. The minimum Gasteiger partial charge on any atom is -0.355 e. The number of aromatic nitrogens is 1. The Morgan fingerprint density at radius 1 is 1.38 bits per heavy atom. The van der Waals surface area contributed by atoms with Gasteiger partial charge in [-0.1, -0.05) is 0 Å². The summed E-state index contributed by atoms with van der Waals surface area (Å²) in [4.78, 5) is 3.28. The summed E-state index contributed by atoms with van der Waals surface area (Å²) >= 11 is 3.57. The second kappa shape index (κ2) is 2.61. The molecule has 1 atom stereocenters. The number of H-pyrrole nitrogens is 1. The highest BCUT2D eigenvalue weighted by Crippen LogP contribution is 2.45. The first-order chi connectivity index (χ1) is 6.32. The Balaban J connectivity index is 2.11. The average molecular weight is 241 g/mol. The SMILES string of the molecule is Brc1[nH]cc2c1CCC21CCNC1. The van der Waals surface area contributed by atoms with Crippen LogP contribution in [0.2, 0.25) is 0 Å². The van der Waals surface area contributed by atoms with Crippen LogP contribution in [-0.4, -0.2) is 18.1 Å². The van der Waals surface area contributed by atoms with Gasteiger partial charge in [-0.05, 0) is 52.9 Å². The topological polar surface area (TPSA) is 27.8 Å². The highest BCUT2D eigenvalue weighted by atomic mass is 79.9. The quantitative estimate of drug-likeness (QED) is 0.713. The van der Waals surface area contributed by atoms with Crippen molar-refractivity contribution in [3.63, 3.8) is 0 Å². The Morgan fingerprint density at radius 2 is 2.31 bits per heavy atom. The predicted octanol–water partition coefficient (Wildman–Crippen LogP) is 1.95. The summed E-state index contributed by atoms with van der Waals surface area (Å²) in [5, 5.41) is 3.48. The van der Waals surface area contributed by atoms with Crippen LogP contribution in [0.3, 0.4) is 0 Å². The van der Waals surface area contributed by atoms with Crippen LogP contribution < -0.4 is 5.32 Å². The molecule has 1 aliphatic heterocycles. The predicted molar refractivity (Wildman–Crippen MR) is 56.0 cm³/mol. The van der Waals surface area contributed by atoms with Crippen molar-refractivity contribution in [2.45, 2.75) is 24.7 Å². The molecule has 2 nitrogen and oxygen atoms in total. The fourth-order valence-electron chi connectivity index (χ4n) is 2.83. The summed E-state index contributed by atoms with van der Waals surface area (Å²) in [6, 6.07) is 0. The van der Waals surface area contributed by atoms with E-state index in [0.29, 0.717) is 5.41 Å². The minimum absolute atomic E-state index is 0.470. The normalized spacial score (nSPS) is 31.5. The van der Waals surface area contributed by atoms with Gasteiger partial charge in [0, 0.05) is 18.2 Å². The van der Waals surface area contributed by atoms with E-state index in [0.717, 1.165) is 0 Å². The van der Waals surface area contributed by atoms with Gasteiger partial charge >= 0.3 is 0 Å². The van der Waals surface area contributed by atoms with E-state index < -0.39 is 0 Å². The summed E-state index contributed by atoms with van der Waals surface area (Å²) in [6.07, 6.45) is 6.07. The number of hydrogen-bond donors (Lipinski definition) is 2. The molecule has 2 heterocycles. The van der Waals surface area contributed by atoms with E-state index in [2.05, 4.69) is 32.4 Å². The van der Waals surface area contributed by atoms with Crippen molar-refractivity contribution in [3.05, 3.63) is 21.9 Å². The zero-order chi connectivity index (χ0) is 8.89. The third-order valence-electron chi connectivity index (χ3n) is 3.60. The lowest BCUT2D eigenvalue weighted by atomic mass is 9.82. The molecular formula is C10H13BrN2. The van der Waals surface area contributed by atoms with E-state index in [-0.39, 0.29) is 0 Å². The molecule has 1 saturated heterocycles. The van der Waals surface area contributed by atoms with Gasteiger partial charge in [0.05, 0.1) is 4.60 Å². The molecule has 13 heavy (non-hydrogen) atoms. The first kappa shape index (κ1) is 8.06. The number of aromatic amines is 1. The van der Waals surface area contributed by atoms with Gasteiger partial charge in [0.1, 0.15) is 0 Å². The highest BCUT2D eigenvalue weighted by Gasteiger charge is 2.42. The molecule has 1 unspecified atom stereocenters. The molecular weight excluding hydrogens is 228 g/mol. The zero-order valence-corrected chi connectivity index (χ0v) is 9.08. The molecule has 0 bridgehead atoms. The van der Waals surface area contributed by atoms with E-state index in [1.54, 1.807) is 5.56 Å². The molecule has 1 spiro atoms. The fraction of sp³-hybridized carbons (Fsp3) is 0.600. The van der Waals surface area contributed by atoms with Crippen molar-refractivity contribution in [1.29, 1.82) is 0 Å². The molecule has 70 valence electrons. The Labute approximate surface area is 86.2 Å². The number of rotatable bonds is 0. The van der Waals surface area contributed by atoms with Crippen molar-refractivity contribution >= 4 is 15.9 Å². The van der Waals surface area contributed by atoms with Crippen LogP contribution in [-0.2, 0) is 11.8 Å². The van der Waals surface area contributed by atoms with Gasteiger partial charge in [-0.3, -0.25) is 0 Å². The third kappa shape index (κ3) is 0.974. The number of fused-ring (bicyclic) bond motifs is 2. The van der Waals surface area contributed by atoms with Gasteiger partial charge in [0.15, 0.2) is 0 Å². The van der Waals surface area contributed by atoms with E-state index in [4.69, 9.17) is 0 Å². The lowest BCUT2D eigenvalue weighted by Crippen LogP contribution is -2.25. The molecule has 0 saturated carbocycles. The van der Waals surface area contributed by atoms with E-state index in [9.17, 15) is 0 Å². The largest absolute Gasteiger partial charge is 0.355 e. The van der Waals surface area contributed by atoms with Crippen LogP contribution in [0.4, 0.5) is 0 Å². The Kier molecular flexibility index (Phi) is 1.62. The molecule has 0 radical (unpaired) electrons. The van der Waals surface area contributed by atoms with Crippen LogP contribution in [0.25, 0.3) is 0 Å². The summed E-state index contributed by atoms with van der Waals surface area (Å²) in [5.74, 6) is 0. The summed E-state index contributed by atoms with van der Waals surface area (Å²) in [5.41, 5.74) is 3.55. The first-order valence-corrected chi connectivity index (χ1v) is 5.68. The van der Waals surface area contributed by atoms with Crippen molar-refractivity contribution in [2.75, 3.05) is 13.1 Å². The summed E-state index contributed by atoms with van der Waals surface area (Å²) in [6.45, 7) is 2.35. The maximum atomic E-state index is 3.57. The van der Waals surface area contributed by atoms with Gasteiger partial charge in [-0.15, -0.1) is 0 Å². The molecule has 0 aromatic carbocycles. The second-order valence-electron chi connectivity index (χ2n) is 4.20. The molecule has 1 aromatic heterocycles. The van der Waals surface area contributed by atoms with Gasteiger partial charge in [0.2, 0.25) is 0 Å². The minimum atomic E-state index is 0.470. The van der Waals surface area contributed by atoms with Gasteiger partial charge in [0.25, 0.3) is 0 Å². The van der Waals surface area contributed by atoms with Crippen LogP contribution in [0.5, 0.6) is 0 Å². The van der Waals surface area contributed by atoms with E-state index in [1.165, 1.54) is 42.5 Å².